The lowest BCUT2D eigenvalue weighted by Gasteiger charge is -1.94. The predicted molar refractivity (Wildman–Crippen MR) is 54.5 cm³/mol. The standard InChI is InChI=1S/C11H13N/c1-10-6-4-3-5-7-12-9-11(2)8-10/h3-6,8-9H,1,7H2,2H3/b5-3-,6-4-,11-8-,12-9?. The van der Waals surface area contributed by atoms with Gasteiger partial charge in [-0.3, -0.25) is 4.99 Å². The van der Waals surface area contributed by atoms with Gasteiger partial charge in [0.05, 0.1) is 6.54 Å². The molecule has 1 aliphatic rings. The number of nitrogens with zero attached hydrogens (tertiary/aromatic N) is 1. The van der Waals surface area contributed by atoms with Crippen LogP contribution in [0, 0.1) is 0 Å². The van der Waals surface area contributed by atoms with Crippen LogP contribution >= 0.6 is 0 Å². The lowest BCUT2D eigenvalue weighted by atomic mass is 10.2. The second kappa shape index (κ2) is 4.50. The topological polar surface area (TPSA) is 12.4 Å². The van der Waals surface area contributed by atoms with Gasteiger partial charge in [-0.1, -0.05) is 37.0 Å². The molecule has 0 aromatic rings. The predicted octanol–water partition coefficient (Wildman–Crippen LogP) is 2.69. The summed E-state index contributed by atoms with van der Waals surface area (Å²) in [6.07, 6.45) is 11.8. The van der Waals surface area contributed by atoms with Crippen LogP contribution in [0.15, 0.2) is 53.1 Å². The number of aliphatic imine (C=N–C) groups is 1. The Hall–Kier alpha value is -1.37. The number of hydrogen-bond acceptors (Lipinski definition) is 1. The van der Waals surface area contributed by atoms with Crippen LogP contribution < -0.4 is 0 Å². The summed E-state index contributed by atoms with van der Waals surface area (Å²) in [5.41, 5.74) is 2.14. The van der Waals surface area contributed by atoms with E-state index in [0.717, 1.165) is 17.7 Å². The first kappa shape index (κ1) is 8.72. The Morgan fingerprint density at radius 3 is 3.08 bits per heavy atom. The van der Waals surface area contributed by atoms with Gasteiger partial charge in [-0.2, -0.15) is 0 Å². The van der Waals surface area contributed by atoms with Gasteiger partial charge in [0.1, 0.15) is 0 Å². The lowest BCUT2D eigenvalue weighted by molar-refractivity contribution is 1.25. The first-order valence-corrected chi connectivity index (χ1v) is 3.99. The molecule has 0 bridgehead atoms. The summed E-state index contributed by atoms with van der Waals surface area (Å²) in [5.74, 6) is 0. The van der Waals surface area contributed by atoms with E-state index in [1.807, 2.05) is 43.5 Å². The Kier molecular flexibility index (Phi) is 3.27. The molecular formula is C11H13N. The molecule has 0 aromatic carbocycles. The Morgan fingerprint density at radius 1 is 1.42 bits per heavy atom. The van der Waals surface area contributed by atoms with Crippen molar-refractivity contribution >= 4 is 6.21 Å². The van der Waals surface area contributed by atoms with E-state index >= 15 is 0 Å². The van der Waals surface area contributed by atoms with Crippen molar-refractivity contribution in [2.24, 2.45) is 4.99 Å². The SMILES string of the molecule is C=C1/C=C\C=C/CN=C/C(C)=C\1. The number of rotatable bonds is 0. The molecule has 1 rings (SSSR count). The van der Waals surface area contributed by atoms with Crippen LogP contribution in [0.4, 0.5) is 0 Å². The minimum atomic E-state index is 0.752. The first-order valence-electron chi connectivity index (χ1n) is 3.99. The fourth-order valence-electron chi connectivity index (χ4n) is 0.954. The van der Waals surface area contributed by atoms with E-state index in [2.05, 4.69) is 11.6 Å². The van der Waals surface area contributed by atoms with E-state index in [0.29, 0.717) is 0 Å². The molecule has 0 aromatic heterocycles. The highest BCUT2D eigenvalue weighted by Gasteiger charge is 1.85. The van der Waals surface area contributed by atoms with Crippen molar-refractivity contribution in [3.05, 3.63) is 48.1 Å². The van der Waals surface area contributed by atoms with E-state index in [1.54, 1.807) is 0 Å². The molecule has 12 heavy (non-hydrogen) atoms. The van der Waals surface area contributed by atoms with Crippen LogP contribution in [-0.2, 0) is 0 Å². The molecule has 0 saturated heterocycles. The minimum Gasteiger partial charge on any atom is -0.289 e. The van der Waals surface area contributed by atoms with Crippen molar-refractivity contribution < 1.29 is 0 Å². The fraction of sp³-hybridized carbons (Fsp3) is 0.182. The van der Waals surface area contributed by atoms with Crippen LogP contribution in [0.3, 0.4) is 0 Å². The van der Waals surface area contributed by atoms with E-state index in [-0.39, 0.29) is 0 Å². The molecule has 62 valence electrons. The van der Waals surface area contributed by atoms with Gasteiger partial charge < -0.3 is 0 Å². The summed E-state index contributed by atoms with van der Waals surface area (Å²) in [6, 6.07) is 0. The highest BCUT2D eigenvalue weighted by molar-refractivity contribution is 5.78. The summed E-state index contributed by atoms with van der Waals surface area (Å²) in [4.78, 5) is 4.19. The molecule has 1 heteroatoms. The molecule has 0 radical (unpaired) electrons. The van der Waals surface area contributed by atoms with E-state index in [9.17, 15) is 0 Å². The molecule has 0 N–H and O–H groups in total. The van der Waals surface area contributed by atoms with Crippen LogP contribution in [0.5, 0.6) is 0 Å². The van der Waals surface area contributed by atoms with Crippen LogP contribution in [0.25, 0.3) is 0 Å². The van der Waals surface area contributed by atoms with Gasteiger partial charge in [-0.15, -0.1) is 0 Å². The molecule has 1 aliphatic heterocycles. The zero-order valence-electron chi connectivity index (χ0n) is 7.33. The molecule has 1 heterocycles. The van der Waals surface area contributed by atoms with Gasteiger partial charge in [0.15, 0.2) is 0 Å². The smallest absolute Gasteiger partial charge is 0.0573 e. The number of hydrogen-bond donors (Lipinski definition) is 0. The first-order chi connectivity index (χ1) is 5.79. The molecule has 0 unspecified atom stereocenters. The maximum Gasteiger partial charge on any atom is 0.0573 e. The minimum absolute atomic E-state index is 0.752. The van der Waals surface area contributed by atoms with Gasteiger partial charge in [-0.25, -0.2) is 0 Å². The zero-order valence-corrected chi connectivity index (χ0v) is 7.33. The third kappa shape index (κ3) is 3.15. The van der Waals surface area contributed by atoms with E-state index in [1.165, 1.54) is 0 Å². The third-order valence-electron chi connectivity index (χ3n) is 1.48. The summed E-state index contributed by atoms with van der Waals surface area (Å²) in [7, 11) is 0. The van der Waals surface area contributed by atoms with Crippen molar-refractivity contribution in [1.29, 1.82) is 0 Å². The average molecular weight is 159 g/mol. The third-order valence-corrected chi connectivity index (χ3v) is 1.48. The quantitative estimate of drug-likeness (QED) is 0.515. The van der Waals surface area contributed by atoms with Crippen LogP contribution in [-0.4, -0.2) is 12.8 Å². The summed E-state index contributed by atoms with van der Waals surface area (Å²) >= 11 is 0. The molecule has 0 spiro atoms. The molecule has 0 aliphatic carbocycles. The van der Waals surface area contributed by atoms with Gasteiger partial charge in [-0.05, 0) is 18.1 Å². The van der Waals surface area contributed by atoms with Gasteiger partial charge in [0.2, 0.25) is 0 Å². The van der Waals surface area contributed by atoms with E-state index in [4.69, 9.17) is 0 Å². The summed E-state index contributed by atoms with van der Waals surface area (Å²) in [5, 5.41) is 0. The highest BCUT2D eigenvalue weighted by atomic mass is 14.7. The monoisotopic (exact) mass is 159 g/mol. The Labute approximate surface area is 73.5 Å². The van der Waals surface area contributed by atoms with Crippen molar-refractivity contribution in [2.75, 3.05) is 6.54 Å². The van der Waals surface area contributed by atoms with Gasteiger partial charge >= 0.3 is 0 Å². The maximum absolute atomic E-state index is 4.19. The normalized spacial score (nSPS) is 27.4. The maximum atomic E-state index is 4.19. The Balaban J connectivity index is 2.82. The molecular weight excluding hydrogens is 146 g/mol. The largest absolute Gasteiger partial charge is 0.289 e. The van der Waals surface area contributed by atoms with Crippen molar-refractivity contribution in [2.45, 2.75) is 6.92 Å². The second-order valence-electron chi connectivity index (χ2n) is 2.74. The Bertz CT molecular complexity index is 277. The summed E-state index contributed by atoms with van der Waals surface area (Å²) < 4.78 is 0. The average Bonchev–Trinajstić information content (AvgIpc) is 2.02. The van der Waals surface area contributed by atoms with Crippen molar-refractivity contribution in [3.8, 4) is 0 Å². The molecule has 0 atom stereocenters. The van der Waals surface area contributed by atoms with Gasteiger partial charge in [0, 0.05) is 6.21 Å². The Morgan fingerprint density at radius 2 is 2.25 bits per heavy atom. The van der Waals surface area contributed by atoms with Crippen molar-refractivity contribution in [3.63, 3.8) is 0 Å². The molecule has 1 nitrogen and oxygen atoms in total. The van der Waals surface area contributed by atoms with Crippen molar-refractivity contribution in [1.82, 2.24) is 0 Å². The zero-order chi connectivity index (χ0) is 8.81. The van der Waals surface area contributed by atoms with Crippen LogP contribution in [0.2, 0.25) is 0 Å². The molecule has 0 fully saturated rings. The van der Waals surface area contributed by atoms with Gasteiger partial charge in [0.25, 0.3) is 0 Å². The summed E-state index contributed by atoms with van der Waals surface area (Å²) in [6.45, 7) is 6.65. The highest BCUT2D eigenvalue weighted by Crippen LogP contribution is 2.01. The lowest BCUT2D eigenvalue weighted by Crippen LogP contribution is -1.82. The second-order valence-corrected chi connectivity index (χ2v) is 2.74. The van der Waals surface area contributed by atoms with Crippen LogP contribution in [0.1, 0.15) is 6.92 Å². The van der Waals surface area contributed by atoms with E-state index < -0.39 is 0 Å². The molecule has 0 saturated carbocycles. The number of allylic oxidation sites excluding steroid dienone is 6. The molecule has 0 amide bonds. The fourth-order valence-corrected chi connectivity index (χ4v) is 0.954.